The third kappa shape index (κ3) is 4.83. The summed E-state index contributed by atoms with van der Waals surface area (Å²) in [5, 5.41) is 7.73. The van der Waals surface area contributed by atoms with E-state index in [1.165, 1.54) is 16.7 Å². The van der Waals surface area contributed by atoms with Crippen LogP contribution in [0.25, 0.3) is 0 Å². The molecule has 0 amide bonds. The minimum Gasteiger partial charge on any atom is -0.295 e. The van der Waals surface area contributed by atoms with Gasteiger partial charge in [0.05, 0.1) is 5.71 Å². The molecule has 1 heterocycles. The molecule has 4 heteroatoms. The highest BCUT2D eigenvalue weighted by molar-refractivity contribution is 6.30. The summed E-state index contributed by atoms with van der Waals surface area (Å²) in [7, 11) is 0. The molecule has 132 valence electrons. The van der Waals surface area contributed by atoms with E-state index in [-0.39, 0.29) is 0 Å². The van der Waals surface area contributed by atoms with Crippen molar-refractivity contribution in [2.75, 3.05) is 26.2 Å². The second kappa shape index (κ2) is 8.03. The normalized spacial score (nSPS) is 16.3. The van der Waals surface area contributed by atoms with Crippen LogP contribution in [0, 0.1) is 13.8 Å². The van der Waals surface area contributed by atoms with Gasteiger partial charge in [-0.15, -0.1) is 0 Å². The molecule has 0 unspecified atom stereocenters. The third-order valence-corrected chi connectivity index (χ3v) is 5.05. The molecular weight excluding hydrogens is 330 g/mol. The number of halogens is 1. The second-order valence-electron chi connectivity index (χ2n) is 6.85. The van der Waals surface area contributed by atoms with Gasteiger partial charge in [0.15, 0.2) is 0 Å². The van der Waals surface area contributed by atoms with Gasteiger partial charge in [-0.2, -0.15) is 5.10 Å². The summed E-state index contributed by atoms with van der Waals surface area (Å²) in [5.74, 6) is 0. The van der Waals surface area contributed by atoms with Crippen molar-refractivity contribution in [1.29, 1.82) is 0 Å². The van der Waals surface area contributed by atoms with Gasteiger partial charge in [0.2, 0.25) is 0 Å². The molecule has 2 aromatic carbocycles. The Bertz CT molecular complexity index is 744. The summed E-state index contributed by atoms with van der Waals surface area (Å²) in [5.41, 5.74) is 6.32. The summed E-state index contributed by atoms with van der Waals surface area (Å²) in [4.78, 5) is 2.52. The Morgan fingerprint density at radius 3 is 2.32 bits per heavy atom. The predicted octanol–water partition coefficient (Wildman–Crippen LogP) is 4.50. The highest BCUT2D eigenvalue weighted by Gasteiger charge is 2.16. The molecule has 1 aliphatic heterocycles. The van der Waals surface area contributed by atoms with Gasteiger partial charge in [-0.05, 0) is 49.6 Å². The standard InChI is InChI=1S/C21H26ClN3/c1-16-4-5-20(17(2)14-16)15-24-10-12-25(13-11-24)23-18(3)19-6-8-21(22)9-7-19/h4-9,14H,10-13,15H2,1-3H3. The van der Waals surface area contributed by atoms with Crippen LogP contribution in [-0.4, -0.2) is 41.8 Å². The van der Waals surface area contributed by atoms with E-state index in [0.717, 1.165) is 49.0 Å². The number of aryl methyl sites for hydroxylation is 2. The van der Waals surface area contributed by atoms with E-state index in [2.05, 4.69) is 48.9 Å². The van der Waals surface area contributed by atoms with Crippen LogP contribution in [0.3, 0.4) is 0 Å². The zero-order valence-corrected chi connectivity index (χ0v) is 16.1. The Morgan fingerprint density at radius 1 is 1.00 bits per heavy atom. The zero-order chi connectivity index (χ0) is 17.8. The molecule has 0 aliphatic carbocycles. The number of benzene rings is 2. The molecular formula is C21H26ClN3. The molecule has 1 aliphatic rings. The van der Waals surface area contributed by atoms with E-state index in [1.807, 2.05) is 24.3 Å². The monoisotopic (exact) mass is 355 g/mol. The highest BCUT2D eigenvalue weighted by atomic mass is 35.5. The lowest BCUT2D eigenvalue weighted by molar-refractivity contribution is 0.130. The topological polar surface area (TPSA) is 18.8 Å². The third-order valence-electron chi connectivity index (χ3n) is 4.79. The van der Waals surface area contributed by atoms with Crippen LogP contribution in [0.2, 0.25) is 5.02 Å². The van der Waals surface area contributed by atoms with Gasteiger partial charge in [0, 0.05) is 37.7 Å². The first kappa shape index (κ1) is 18.0. The lowest BCUT2D eigenvalue weighted by Crippen LogP contribution is -2.43. The van der Waals surface area contributed by atoms with Crippen molar-refractivity contribution in [3.05, 3.63) is 69.7 Å². The predicted molar refractivity (Wildman–Crippen MR) is 106 cm³/mol. The zero-order valence-electron chi connectivity index (χ0n) is 15.3. The minimum atomic E-state index is 0.761. The number of nitrogens with zero attached hydrogens (tertiary/aromatic N) is 3. The van der Waals surface area contributed by atoms with Crippen LogP contribution in [0.4, 0.5) is 0 Å². The Morgan fingerprint density at radius 2 is 1.68 bits per heavy atom. The van der Waals surface area contributed by atoms with Crippen LogP contribution < -0.4 is 0 Å². The summed E-state index contributed by atoms with van der Waals surface area (Å²) in [6, 6.07) is 14.6. The SMILES string of the molecule is CC(=NN1CCN(Cc2ccc(C)cc2C)CC1)c1ccc(Cl)cc1. The highest BCUT2D eigenvalue weighted by Crippen LogP contribution is 2.15. The maximum Gasteiger partial charge on any atom is 0.0646 e. The molecule has 1 fully saturated rings. The van der Waals surface area contributed by atoms with Crippen molar-refractivity contribution in [1.82, 2.24) is 9.91 Å². The van der Waals surface area contributed by atoms with Crippen molar-refractivity contribution in [2.45, 2.75) is 27.3 Å². The smallest absolute Gasteiger partial charge is 0.0646 e. The van der Waals surface area contributed by atoms with Crippen LogP contribution in [0.15, 0.2) is 47.6 Å². The molecule has 0 bridgehead atoms. The van der Waals surface area contributed by atoms with Gasteiger partial charge in [-0.25, -0.2) is 0 Å². The van der Waals surface area contributed by atoms with E-state index in [4.69, 9.17) is 16.7 Å². The number of hydrazone groups is 1. The largest absolute Gasteiger partial charge is 0.295 e. The van der Waals surface area contributed by atoms with E-state index in [9.17, 15) is 0 Å². The lowest BCUT2D eigenvalue weighted by atomic mass is 10.1. The van der Waals surface area contributed by atoms with Crippen LogP contribution in [0.1, 0.15) is 29.2 Å². The van der Waals surface area contributed by atoms with E-state index < -0.39 is 0 Å². The fourth-order valence-electron chi connectivity index (χ4n) is 3.22. The number of hydrogen-bond donors (Lipinski definition) is 0. The van der Waals surface area contributed by atoms with Crippen molar-refractivity contribution >= 4 is 17.3 Å². The Hall–Kier alpha value is -1.84. The summed E-state index contributed by atoms with van der Waals surface area (Å²) in [6.07, 6.45) is 0. The molecule has 25 heavy (non-hydrogen) atoms. The average molecular weight is 356 g/mol. The first-order valence-electron chi connectivity index (χ1n) is 8.86. The average Bonchev–Trinajstić information content (AvgIpc) is 2.59. The molecule has 0 N–H and O–H groups in total. The first-order valence-corrected chi connectivity index (χ1v) is 9.23. The van der Waals surface area contributed by atoms with Crippen LogP contribution in [-0.2, 0) is 6.54 Å². The molecule has 0 aromatic heterocycles. The van der Waals surface area contributed by atoms with E-state index >= 15 is 0 Å². The molecule has 0 atom stereocenters. The second-order valence-corrected chi connectivity index (χ2v) is 7.29. The fraction of sp³-hybridized carbons (Fsp3) is 0.381. The first-order chi connectivity index (χ1) is 12.0. The quantitative estimate of drug-likeness (QED) is 0.752. The van der Waals surface area contributed by atoms with Crippen molar-refractivity contribution in [3.63, 3.8) is 0 Å². The van der Waals surface area contributed by atoms with Crippen molar-refractivity contribution in [2.24, 2.45) is 5.10 Å². The fourth-order valence-corrected chi connectivity index (χ4v) is 3.35. The Labute approximate surface area is 155 Å². The van der Waals surface area contributed by atoms with E-state index in [0.29, 0.717) is 0 Å². The summed E-state index contributed by atoms with van der Waals surface area (Å²) >= 11 is 5.95. The minimum absolute atomic E-state index is 0.761. The Kier molecular flexibility index (Phi) is 5.77. The lowest BCUT2D eigenvalue weighted by Gasteiger charge is -2.33. The van der Waals surface area contributed by atoms with Crippen LogP contribution >= 0.6 is 11.6 Å². The molecule has 0 saturated carbocycles. The molecule has 3 rings (SSSR count). The van der Waals surface area contributed by atoms with Gasteiger partial charge in [0.25, 0.3) is 0 Å². The summed E-state index contributed by atoms with van der Waals surface area (Å²) in [6.45, 7) is 11.5. The number of hydrogen-bond acceptors (Lipinski definition) is 3. The summed E-state index contributed by atoms with van der Waals surface area (Å²) < 4.78 is 0. The molecule has 1 saturated heterocycles. The van der Waals surface area contributed by atoms with Gasteiger partial charge >= 0.3 is 0 Å². The van der Waals surface area contributed by atoms with Crippen molar-refractivity contribution in [3.8, 4) is 0 Å². The molecule has 0 spiro atoms. The molecule has 2 aromatic rings. The number of rotatable bonds is 4. The molecule has 0 radical (unpaired) electrons. The maximum absolute atomic E-state index is 5.95. The van der Waals surface area contributed by atoms with Gasteiger partial charge in [-0.3, -0.25) is 9.91 Å². The van der Waals surface area contributed by atoms with Crippen LogP contribution in [0.5, 0.6) is 0 Å². The van der Waals surface area contributed by atoms with E-state index in [1.54, 1.807) is 0 Å². The van der Waals surface area contributed by atoms with Gasteiger partial charge < -0.3 is 0 Å². The maximum atomic E-state index is 5.95. The number of piperazine rings is 1. The van der Waals surface area contributed by atoms with Crippen molar-refractivity contribution < 1.29 is 0 Å². The molecule has 3 nitrogen and oxygen atoms in total. The van der Waals surface area contributed by atoms with Gasteiger partial charge in [0.1, 0.15) is 0 Å². The van der Waals surface area contributed by atoms with Gasteiger partial charge in [-0.1, -0.05) is 47.5 Å². The Balaban J connectivity index is 1.56.